The second kappa shape index (κ2) is 5.46. The van der Waals surface area contributed by atoms with Crippen molar-refractivity contribution in [1.29, 1.82) is 0 Å². The lowest BCUT2D eigenvalue weighted by Gasteiger charge is -2.54. The van der Waals surface area contributed by atoms with Gasteiger partial charge in [0.05, 0.1) is 18.1 Å². The highest BCUT2D eigenvalue weighted by atomic mass is 16.6. The maximum atomic E-state index is 12.0. The Balaban J connectivity index is 1.99. The molecule has 2 fully saturated rings. The van der Waals surface area contributed by atoms with Gasteiger partial charge in [0, 0.05) is 26.2 Å². The van der Waals surface area contributed by atoms with Crippen LogP contribution in [0, 0.1) is 0 Å². The van der Waals surface area contributed by atoms with E-state index in [2.05, 4.69) is 0 Å². The summed E-state index contributed by atoms with van der Waals surface area (Å²) in [5, 5.41) is 18.8. The smallest absolute Gasteiger partial charge is 0.410 e. The van der Waals surface area contributed by atoms with Crippen LogP contribution in [-0.2, 0) is 9.53 Å². The molecule has 0 aromatic rings. The molecule has 1 amide bonds. The van der Waals surface area contributed by atoms with Crippen LogP contribution in [0.1, 0.15) is 33.6 Å². The third kappa shape index (κ3) is 3.65. The minimum Gasteiger partial charge on any atom is -0.481 e. The van der Waals surface area contributed by atoms with E-state index in [9.17, 15) is 14.7 Å². The number of hydrogen-bond donors (Lipinski definition) is 2. The van der Waals surface area contributed by atoms with Crippen molar-refractivity contribution in [3.8, 4) is 0 Å². The van der Waals surface area contributed by atoms with Gasteiger partial charge in [-0.1, -0.05) is 0 Å². The number of amides is 1. The molecule has 2 aliphatic heterocycles. The fraction of sp³-hybridized carbons (Fsp3) is 0.857. The predicted molar refractivity (Wildman–Crippen MR) is 75.0 cm³/mol. The van der Waals surface area contributed by atoms with E-state index in [1.165, 1.54) is 4.90 Å². The van der Waals surface area contributed by atoms with E-state index in [1.54, 1.807) is 20.8 Å². The van der Waals surface area contributed by atoms with Crippen molar-refractivity contribution in [2.24, 2.45) is 0 Å². The molecular weight excluding hydrogens is 276 g/mol. The number of hydrogen-bond acceptors (Lipinski definition) is 5. The number of aliphatic hydroxyl groups excluding tert-OH is 1. The van der Waals surface area contributed by atoms with Crippen LogP contribution in [0.5, 0.6) is 0 Å². The third-order valence-corrected chi connectivity index (χ3v) is 3.94. The van der Waals surface area contributed by atoms with Crippen LogP contribution < -0.4 is 0 Å². The Morgan fingerprint density at radius 1 is 1.33 bits per heavy atom. The first-order valence-corrected chi connectivity index (χ1v) is 7.24. The zero-order valence-corrected chi connectivity index (χ0v) is 12.8. The molecule has 2 saturated heterocycles. The van der Waals surface area contributed by atoms with Crippen molar-refractivity contribution in [2.45, 2.75) is 50.9 Å². The summed E-state index contributed by atoms with van der Waals surface area (Å²) in [4.78, 5) is 26.6. The molecular formula is C14H24N2O5. The molecule has 21 heavy (non-hydrogen) atoms. The number of carbonyl (C=O) groups is 2. The third-order valence-electron chi connectivity index (χ3n) is 3.94. The van der Waals surface area contributed by atoms with Crippen molar-refractivity contribution in [3.63, 3.8) is 0 Å². The molecule has 120 valence electrons. The Morgan fingerprint density at radius 2 is 1.95 bits per heavy atom. The lowest BCUT2D eigenvalue weighted by atomic mass is 9.84. The Labute approximate surface area is 124 Å². The van der Waals surface area contributed by atoms with Crippen molar-refractivity contribution in [2.75, 3.05) is 26.2 Å². The highest BCUT2D eigenvalue weighted by molar-refractivity contribution is 5.73. The summed E-state index contributed by atoms with van der Waals surface area (Å²) in [5.41, 5.74) is -1.13. The number of carboxylic acids is 1. The molecule has 0 aromatic heterocycles. The second-order valence-electron chi connectivity index (χ2n) is 7.02. The van der Waals surface area contributed by atoms with Crippen LogP contribution in [0.4, 0.5) is 4.79 Å². The minimum atomic E-state index is -0.889. The maximum Gasteiger partial charge on any atom is 0.410 e. The van der Waals surface area contributed by atoms with Gasteiger partial charge in [0.15, 0.2) is 0 Å². The molecule has 0 radical (unpaired) electrons. The van der Waals surface area contributed by atoms with Crippen LogP contribution >= 0.6 is 0 Å². The van der Waals surface area contributed by atoms with Crippen LogP contribution in [0.2, 0.25) is 0 Å². The van der Waals surface area contributed by atoms with Crippen LogP contribution in [0.3, 0.4) is 0 Å². The predicted octanol–water partition coefficient (Wildman–Crippen LogP) is 0.517. The first-order valence-electron chi connectivity index (χ1n) is 7.24. The first kappa shape index (κ1) is 16.0. The molecule has 1 unspecified atom stereocenters. The fourth-order valence-electron chi connectivity index (χ4n) is 3.00. The van der Waals surface area contributed by atoms with E-state index in [1.807, 2.05) is 4.90 Å². The molecule has 2 N–H and O–H groups in total. The molecule has 0 bridgehead atoms. The van der Waals surface area contributed by atoms with Gasteiger partial charge in [0.25, 0.3) is 0 Å². The normalized spacial score (nSPS) is 25.5. The van der Waals surface area contributed by atoms with Gasteiger partial charge < -0.3 is 19.8 Å². The Hall–Kier alpha value is -1.34. The van der Waals surface area contributed by atoms with Crippen LogP contribution in [-0.4, -0.2) is 75.5 Å². The lowest BCUT2D eigenvalue weighted by Crippen LogP contribution is -2.71. The van der Waals surface area contributed by atoms with Gasteiger partial charge in [-0.3, -0.25) is 9.69 Å². The van der Waals surface area contributed by atoms with Crippen molar-refractivity contribution < 1.29 is 24.5 Å². The van der Waals surface area contributed by atoms with Gasteiger partial charge >= 0.3 is 12.1 Å². The summed E-state index contributed by atoms with van der Waals surface area (Å²) in [6.07, 6.45) is -0.207. The monoisotopic (exact) mass is 300 g/mol. The Morgan fingerprint density at radius 3 is 2.38 bits per heavy atom. The molecule has 0 spiro atoms. The largest absolute Gasteiger partial charge is 0.481 e. The van der Waals surface area contributed by atoms with Gasteiger partial charge in [-0.25, -0.2) is 4.79 Å². The number of β-amino-alcohol motifs (C(OH)–C–C–N with tert-alkyl or cyclic N) is 1. The quantitative estimate of drug-likeness (QED) is 0.789. The number of likely N-dealkylation sites (tertiary alicyclic amines) is 2. The van der Waals surface area contributed by atoms with Crippen molar-refractivity contribution in [1.82, 2.24) is 9.80 Å². The molecule has 7 heteroatoms. The molecule has 7 nitrogen and oxygen atoms in total. The van der Waals surface area contributed by atoms with E-state index in [4.69, 9.17) is 9.84 Å². The highest BCUT2D eigenvalue weighted by Crippen LogP contribution is 2.35. The highest BCUT2D eigenvalue weighted by Gasteiger charge is 2.53. The molecule has 2 rings (SSSR count). The fourth-order valence-corrected chi connectivity index (χ4v) is 3.00. The van der Waals surface area contributed by atoms with Gasteiger partial charge in [0.1, 0.15) is 5.60 Å². The number of carbonyl (C=O) groups excluding carboxylic acids is 1. The number of nitrogens with zero attached hydrogens (tertiary/aromatic N) is 2. The van der Waals surface area contributed by atoms with E-state index in [0.29, 0.717) is 32.6 Å². The molecule has 0 aromatic carbocycles. The lowest BCUT2D eigenvalue weighted by molar-refractivity contribution is -0.145. The Bertz CT molecular complexity index is 426. The van der Waals surface area contributed by atoms with Gasteiger partial charge in [0.2, 0.25) is 0 Å². The molecule has 1 atom stereocenters. The zero-order valence-electron chi connectivity index (χ0n) is 12.8. The minimum absolute atomic E-state index is 0.0288. The average Bonchev–Trinajstić information content (AvgIpc) is 2.66. The van der Waals surface area contributed by atoms with Gasteiger partial charge in [-0.2, -0.15) is 0 Å². The summed E-state index contributed by atoms with van der Waals surface area (Å²) < 4.78 is 5.30. The number of aliphatic hydroxyl groups is 1. The number of carboxylic acid groups (broad SMARTS) is 1. The van der Waals surface area contributed by atoms with Crippen molar-refractivity contribution in [3.05, 3.63) is 0 Å². The molecule has 2 aliphatic rings. The number of aliphatic carboxylic acids is 1. The second-order valence-corrected chi connectivity index (χ2v) is 7.02. The van der Waals surface area contributed by atoms with Crippen LogP contribution in [0.15, 0.2) is 0 Å². The van der Waals surface area contributed by atoms with E-state index >= 15 is 0 Å². The first-order chi connectivity index (χ1) is 9.61. The van der Waals surface area contributed by atoms with Crippen molar-refractivity contribution >= 4 is 12.1 Å². The van der Waals surface area contributed by atoms with Gasteiger partial charge in [-0.05, 0) is 27.2 Å². The number of rotatable bonds is 3. The maximum absolute atomic E-state index is 12.0. The summed E-state index contributed by atoms with van der Waals surface area (Å²) in [6, 6.07) is 0. The van der Waals surface area contributed by atoms with E-state index < -0.39 is 29.3 Å². The van der Waals surface area contributed by atoms with Gasteiger partial charge in [-0.15, -0.1) is 0 Å². The standard InChI is InChI=1S/C14H24N2O5/c1-13(2,3)21-12(20)15-8-14(9-15,6-11(18)19)16-5-4-10(17)7-16/h10,17H,4-9H2,1-3H3,(H,18,19). The van der Waals surface area contributed by atoms with E-state index in [-0.39, 0.29) is 6.42 Å². The van der Waals surface area contributed by atoms with Crippen LogP contribution in [0.25, 0.3) is 0 Å². The molecule has 0 aliphatic carbocycles. The Kier molecular flexibility index (Phi) is 4.17. The summed E-state index contributed by atoms with van der Waals surface area (Å²) in [5.74, 6) is -0.889. The molecule has 0 saturated carbocycles. The van der Waals surface area contributed by atoms with E-state index in [0.717, 1.165) is 0 Å². The molecule has 2 heterocycles. The summed E-state index contributed by atoms with van der Waals surface area (Å²) in [7, 11) is 0. The summed E-state index contributed by atoms with van der Waals surface area (Å²) in [6.45, 7) is 7.19. The average molecular weight is 300 g/mol. The summed E-state index contributed by atoms with van der Waals surface area (Å²) >= 11 is 0. The number of ether oxygens (including phenoxy) is 1. The SMILES string of the molecule is CC(C)(C)OC(=O)N1CC(CC(=O)O)(N2CCC(O)C2)C1. The topological polar surface area (TPSA) is 90.3 Å². The zero-order chi connectivity index (χ0) is 15.8.